The summed E-state index contributed by atoms with van der Waals surface area (Å²) in [5.41, 5.74) is 2.09. The summed E-state index contributed by atoms with van der Waals surface area (Å²) in [6.45, 7) is 0. The van der Waals surface area contributed by atoms with E-state index in [1.165, 1.54) is 13.1 Å². The fourth-order valence-electron chi connectivity index (χ4n) is 1.61. The van der Waals surface area contributed by atoms with Crippen molar-refractivity contribution in [1.29, 1.82) is 0 Å². The Morgan fingerprint density at radius 2 is 2.35 bits per heavy atom. The molecule has 0 radical (unpaired) electrons. The van der Waals surface area contributed by atoms with Gasteiger partial charge in [0.05, 0.1) is 17.6 Å². The van der Waals surface area contributed by atoms with Crippen LogP contribution in [0, 0.1) is 0 Å². The molecule has 3 N–H and O–H groups in total. The second-order valence-corrected chi connectivity index (χ2v) is 3.67. The van der Waals surface area contributed by atoms with Crippen LogP contribution in [0.3, 0.4) is 0 Å². The Hall–Kier alpha value is -2.30. The van der Waals surface area contributed by atoms with E-state index < -0.39 is 0 Å². The summed E-state index contributed by atoms with van der Waals surface area (Å²) in [5, 5.41) is 12.1. The molecule has 0 fully saturated rings. The third-order valence-electron chi connectivity index (χ3n) is 2.47. The summed E-state index contributed by atoms with van der Waals surface area (Å²) < 4.78 is 0. The minimum Gasteiger partial charge on any atom is -0.507 e. The predicted octanol–water partition coefficient (Wildman–Crippen LogP) is 1.07. The summed E-state index contributed by atoms with van der Waals surface area (Å²) >= 11 is 0. The lowest BCUT2D eigenvalue weighted by Crippen LogP contribution is -2.18. The molecule has 2 rings (SSSR count). The van der Waals surface area contributed by atoms with Crippen molar-refractivity contribution < 1.29 is 9.90 Å². The fraction of sp³-hybridized carbons (Fsp3) is 0.167. The second-order valence-electron chi connectivity index (χ2n) is 3.67. The Kier molecular flexibility index (Phi) is 3.09. The zero-order chi connectivity index (χ0) is 12.3. The topological polar surface area (TPSA) is 78.0 Å². The van der Waals surface area contributed by atoms with Gasteiger partial charge in [-0.3, -0.25) is 4.79 Å². The van der Waals surface area contributed by atoms with Crippen molar-refractivity contribution in [2.45, 2.75) is 6.42 Å². The molecule has 1 amide bonds. The molecule has 5 nitrogen and oxygen atoms in total. The van der Waals surface area contributed by atoms with Crippen LogP contribution in [-0.4, -0.2) is 28.0 Å². The molecule has 0 aliphatic carbocycles. The Balaban J connectivity index is 2.28. The maximum absolute atomic E-state index is 11.5. The highest BCUT2D eigenvalue weighted by Gasteiger charge is 2.10. The first-order chi connectivity index (χ1) is 8.20. The standard InChI is InChI=1S/C12H13N3O2/c1-13-12(17)10-5-8(2-3-11(10)16)4-9-6-14-7-15-9/h2-3,5-7,16H,4H2,1H3,(H,13,17)(H,14,15). The number of hydrogen-bond donors (Lipinski definition) is 3. The molecule has 0 saturated heterocycles. The van der Waals surface area contributed by atoms with Gasteiger partial charge in [0.2, 0.25) is 0 Å². The van der Waals surface area contributed by atoms with E-state index in [1.807, 2.05) is 0 Å². The molecule has 0 bridgehead atoms. The molecule has 2 aromatic rings. The van der Waals surface area contributed by atoms with Crippen LogP contribution >= 0.6 is 0 Å². The third-order valence-corrected chi connectivity index (χ3v) is 2.47. The van der Waals surface area contributed by atoms with Crippen molar-refractivity contribution in [3.05, 3.63) is 47.5 Å². The molecule has 1 heterocycles. The summed E-state index contributed by atoms with van der Waals surface area (Å²) in [4.78, 5) is 18.5. The number of benzene rings is 1. The number of phenolic OH excluding ortho intramolecular Hbond substituents is 1. The van der Waals surface area contributed by atoms with Crippen molar-refractivity contribution in [3.63, 3.8) is 0 Å². The first-order valence-corrected chi connectivity index (χ1v) is 5.22. The van der Waals surface area contributed by atoms with E-state index in [1.54, 1.807) is 24.7 Å². The summed E-state index contributed by atoms with van der Waals surface area (Å²) in [5.74, 6) is -0.318. The van der Waals surface area contributed by atoms with Gasteiger partial charge in [-0.25, -0.2) is 4.98 Å². The number of amides is 1. The number of carbonyl (C=O) groups excluding carboxylic acids is 1. The van der Waals surface area contributed by atoms with Gasteiger partial charge in [-0.1, -0.05) is 6.07 Å². The van der Waals surface area contributed by atoms with E-state index in [0.717, 1.165) is 11.3 Å². The number of hydrogen-bond acceptors (Lipinski definition) is 3. The van der Waals surface area contributed by atoms with Crippen LogP contribution in [0.1, 0.15) is 21.6 Å². The second kappa shape index (κ2) is 4.69. The lowest BCUT2D eigenvalue weighted by atomic mass is 10.1. The predicted molar refractivity (Wildman–Crippen MR) is 62.9 cm³/mol. The molecule has 5 heteroatoms. The van der Waals surface area contributed by atoms with E-state index in [9.17, 15) is 9.90 Å². The number of aromatic hydroxyl groups is 1. The molecule has 17 heavy (non-hydrogen) atoms. The molecule has 1 aromatic carbocycles. The monoisotopic (exact) mass is 231 g/mol. The number of H-pyrrole nitrogens is 1. The van der Waals surface area contributed by atoms with E-state index in [0.29, 0.717) is 6.42 Å². The van der Waals surface area contributed by atoms with Crippen LogP contribution in [0.25, 0.3) is 0 Å². The van der Waals surface area contributed by atoms with Gasteiger partial charge in [0.1, 0.15) is 5.75 Å². The fourth-order valence-corrected chi connectivity index (χ4v) is 1.61. The molecule has 0 unspecified atom stereocenters. The normalized spacial score (nSPS) is 10.2. The van der Waals surface area contributed by atoms with Crippen LogP contribution in [0.5, 0.6) is 5.75 Å². The number of carbonyl (C=O) groups is 1. The van der Waals surface area contributed by atoms with Gasteiger partial charge in [0, 0.05) is 19.7 Å². The molecular weight excluding hydrogens is 218 g/mol. The summed E-state index contributed by atoms with van der Waals surface area (Å²) in [7, 11) is 1.53. The summed E-state index contributed by atoms with van der Waals surface area (Å²) in [6.07, 6.45) is 4.02. The molecule has 0 aliphatic heterocycles. The van der Waals surface area contributed by atoms with Crippen LogP contribution in [0.4, 0.5) is 0 Å². The highest BCUT2D eigenvalue weighted by Crippen LogP contribution is 2.19. The van der Waals surface area contributed by atoms with Gasteiger partial charge in [0.15, 0.2) is 0 Å². The van der Waals surface area contributed by atoms with Crippen molar-refractivity contribution in [1.82, 2.24) is 15.3 Å². The van der Waals surface area contributed by atoms with E-state index >= 15 is 0 Å². The highest BCUT2D eigenvalue weighted by molar-refractivity contribution is 5.96. The van der Waals surface area contributed by atoms with Crippen LogP contribution in [0.15, 0.2) is 30.7 Å². The number of imidazole rings is 1. The Labute approximate surface area is 98.5 Å². The minimum absolute atomic E-state index is 0.0184. The lowest BCUT2D eigenvalue weighted by Gasteiger charge is -2.05. The zero-order valence-electron chi connectivity index (χ0n) is 9.40. The molecule has 0 spiro atoms. The van der Waals surface area contributed by atoms with Gasteiger partial charge < -0.3 is 15.4 Å². The lowest BCUT2D eigenvalue weighted by molar-refractivity contribution is 0.0960. The average molecular weight is 231 g/mol. The van der Waals surface area contributed by atoms with Crippen molar-refractivity contribution in [2.75, 3.05) is 7.05 Å². The number of nitrogens with zero attached hydrogens (tertiary/aromatic N) is 1. The molecule has 1 aromatic heterocycles. The molecule has 0 saturated carbocycles. The number of aromatic nitrogens is 2. The summed E-state index contributed by atoms with van der Waals surface area (Å²) in [6, 6.07) is 4.96. The van der Waals surface area contributed by atoms with Crippen LogP contribution in [-0.2, 0) is 6.42 Å². The van der Waals surface area contributed by atoms with Gasteiger partial charge in [-0.05, 0) is 17.7 Å². The maximum Gasteiger partial charge on any atom is 0.254 e. The van der Waals surface area contributed by atoms with Crippen LogP contribution in [0.2, 0.25) is 0 Å². The van der Waals surface area contributed by atoms with E-state index in [2.05, 4.69) is 15.3 Å². The maximum atomic E-state index is 11.5. The largest absolute Gasteiger partial charge is 0.507 e. The van der Waals surface area contributed by atoms with Crippen molar-refractivity contribution in [2.24, 2.45) is 0 Å². The van der Waals surface area contributed by atoms with Crippen LogP contribution < -0.4 is 5.32 Å². The zero-order valence-corrected chi connectivity index (χ0v) is 9.40. The van der Waals surface area contributed by atoms with E-state index in [4.69, 9.17) is 0 Å². The quantitative estimate of drug-likeness (QED) is 0.739. The SMILES string of the molecule is CNC(=O)c1cc(Cc2c[nH]cn2)ccc1O. The Morgan fingerprint density at radius 3 is 3.00 bits per heavy atom. The smallest absolute Gasteiger partial charge is 0.254 e. The van der Waals surface area contributed by atoms with Gasteiger partial charge in [0.25, 0.3) is 5.91 Å². The molecule has 88 valence electrons. The molecule has 0 atom stereocenters. The van der Waals surface area contributed by atoms with Crippen molar-refractivity contribution in [3.8, 4) is 5.75 Å². The van der Waals surface area contributed by atoms with Gasteiger partial charge >= 0.3 is 0 Å². The molecular formula is C12H13N3O2. The Morgan fingerprint density at radius 1 is 1.53 bits per heavy atom. The third kappa shape index (κ3) is 2.44. The van der Waals surface area contributed by atoms with E-state index in [-0.39, 0.29) is 17.2 Å². The minimum atomic E-state index is -0.300. The number of phenols is 1. The number of rotatable bonds is 3. The first kappa shape index (κ1) is 11.2. The first-order valence-electron chi connectivity index (χ1n) is 5.22. The number of nitrogens with one attached hydrogen (secondary N) is 2. The highest BCUT2D eigenvalue weighted by atomic mass is 16.3. The average Bonchev–Trinajstić information content (AvgIpc) is 2.83. The molecule has 0 aliphatic rings. The van der Waals surface area contributed by atoms with Crippen molar-refractivity contribution >= 4 is 5.91 Å². The Bertz CT molecular complexity index is 521. The number of aromatic amines is 1. The van der Waals surface area contributed by atoms with Gasteiger partial charge in [-0.2, -0.15) is 0 Å². The van der Waals surface area contributed by atoms with Gasteiger partial charge in [-0.15, -0.1) is 0 Å².